The molecule has 198 valence electrons. The minimum atomic E-state index is -4.53. The van der Waals surface area contributed by atoms with Crippen molar-refractivity contribution in [1.82, 2.24) is 14.7 Å². The highest BCUT2D eigenvalue weighted by molar-refractivity contribution is 6.04. The number of likely N-dealkylation sites (tertiary alicyclic amines) is 2. The fourth-order valence-corrected chi connectivity index (χ4v) is 6.12. The third-order valence-electron chi connectivity index (χ3n) is 7.92. The molecule has 3 heterocycles. The van der Waals surface area contributed by atoms with Gasteiger partial charge in [0.25, 0.3) is 5.91 Å². The SMILES string of the molecule is C[C@H]1CN(CC(N)=O)Cc2cc(C(=O)Nc3ccc(CN4C[C@H]5C[C@@H]4CN5C)c(C(F)(F)F)c3)ccc21. The second-order valence-electron chi connectivity index (χ2n) is 10.7. The van der Waals surface area contributed by atoms with Crippen molar-refractivity contribution in [3.63, 3.8) is 0 Å². The van der Waals surface area contributed by atoms with Gasteiger partial charge in [-0.15, -0.1) is 0 Å². The summed E-state index contributed by atoms with van der Waals surface area (Å²) in [6, 6.07) is 10.0. The third-order valence-corrected chi connectivity index (χ3v) is 7.92. The van der Waals surface area contributed by atoms with Gasteiger partial charge in [0.1, 0.15) is 0 Å². The Hall–Kier alpha value is -2.95. The van der Waals surface area contributed by atoms with E-state index in [-0.39, 0.29) is 36.3 Å². The normalized spacial score (nSPS) is 24.3. The Morgan fingerprint density at radius 2 is 1.86 bits per heavy atom. The Morgan fingerprint density at radius 3 is 2.51 bits per heavy atom. The second kappa shape index (κ2) is 9.74. The number of benzene rings is 2. The van der Waals surface area contributed by atoms with Gasteiger partial charge in [0, 0.05) is 56.1 Å². The lowest BCUT2D eigenvalue weighted by Crippen LogP contribution is -2.44. The molecule has 2 aromatic carbocycles. The van der Waals surface area contributed by atoms with Crippen LogP contribution in [-0.2, 0) is 24.1 Å². The zero-order valence-electron chi connectivity index (χ0n) is 21.0. The van der Waals surface area contributed by atoms with Crippen molar-refractivity contribution in [3.05, 3.63) is 64.2 Å². The van der Waals surface area contributed by atoms with E-state index in [2.05, 4.69) is 22.2 Å². The van der Waals surface area contributed by atoms with Crippen LogP contribution in [0.2, 0.25) is 0 Å². The van der Waals surface area contributed by atoms with Crippen LogP contribution in [0.1, 0.15) is 51.9 Å². The molecule has 3 aliphatic heterocycles. The molecule has 0 saturated carbocycles. The van der Waals surface area contributed by atoms with Gasteiger partial charge in [-0.25, -0.2) is 0 Å². The summed E-state index contributed by atoms with van der Waals surface area (Å²) in [4.78, 5) is 30.7. The number of carbonyl (C=O) groups is 2. The number of nitrogens with two attached hydrogens (primary N) is 1. The number of rotatable bonds is 6. The van der Waals surface area contributed by atoms with Crippen molar-refractivity contribution < 1.29 is 22.8 Å². The molecular weight excluding hydrogens is 483 g/mol. The Labute approximate surface area is 214 Å². The largest absolute Gasteiger partial charge is 0.416 e. The number of nitrogens with zero attached hydrogens (tertiary/aromatic N) is 3. The zero-order chi connectivity index (χ0) is 26.5. The second-order valence-corrected chi connectivity index (χ2v) is 10.7. The number of carbonyl (C=O) groups excluding carboxylic acids is 2. The number of nitrogens with one attached hydrogen (secondary N) is 1. The topological polar surface area (TPSA) is 81.9 Å². The van der Waals surface area contributed by atoms with Crippen LogP contribution in [-0.4, -0.2) is 71.8 Å². The maximum atomic E-state index is 14.0. The van der Waals surface area contributed by atoms with E-state index in [1.165, 1.54) is 12.1 Å². The number of primary amides is 1. The van der Waals surface area contributed by atoms with E-state index < -0.39 is 23.6 Å². The number of amides is 2. The molecular formula is C27H32F3N5O2. The maximum absolute atomic E-state index is 14.0. The first-order valence-corrected chi connectivity index (χ1v) is 12.6. The number of alkyl halides is 3. The molecule has 37 heavy (non-hydrogen) atoms. The Kier molecular flexibility index (Phi) is 6.76. The summed E-state index contributed by atoms with van der Waals surface area (Å²) >= 11 is 0. The molecule has 3 aliphatic rings. The summed E-state index contributed by atoms with van der Waals surface area (Å²) < 4.78 is 42.0. The van der Waals surface area contributed by atoms with Crippen molar-refractivity contribution in [2.24, 2.45) is 5.73 Å². The summed E-state index contributed by atoms with van der Waals surface area (Å²) in [6.07, 6.45) is -3.54. The molecule has 2 aromatic rings. The van der Waals surface area contributed by atoms with E-state index >= 15 is 0 Å². The molecule has 3 N–H and O–H groups in total. The van der Waals surface area contributed by atoms with Gasteiger partial charge < -0.3 is 16.0 Å². The lowest BCUT2D eigenvalue weighted by atomic mass is 9.89. The number of fused-ring (bicyclic) bond motifs is 3. The van der Waals surface area contributed by atoms with E-state index in [1.807, 2.05) is 17.9 Å². The lowest BCUT2D eigenvalue weighted by molar-refractivity contribution is -0.138. The number of hydrogen-bond acceptors (Lipinski definition) is 5. The van der Waals surface area contributed by atoms with Crippen molar-refractivity contribution in [1.29, 1.82) is 0 Å². The van der Waals surface area contributed by atoms with E-state index in [9.17, 15) is 22.8 Å². The molecule has 0 unspecified atom stereocenters. The van der Waals surface area contributed by atoms with Crippen molar-refractivity contribution >= 4 is 17.5 Å². The van der Waals surface area contributed by atoms with Gasteiger partial charge in [0.05, 0.1) is 12.1 Å². The summed E-state index contributed by atoms with van der Waals surface area (Å²) in [5.74, 6) is -0.741. The van der Waals surface area contributed by atoms with Crippen LogP contribution in [0, 0.1) is 0 Å². The molecule has 7 nitrogen and oxygen atoms in total. The highest BCUT2D eigenvalue weighted by atomic mass is 19.4. The molecule has 3 atom stereocenters. The van der Waals surface area contributed by atoms with Crippen molar-refractivity contribution in [2.75, 3.05) is 38.5 Å². The minimum Gasteiger partial charge on any atom is -0.369 e. The molecule has 5 rings (SSSR count). The summed E-state index contributed by atoms with van der Waals surface area (Å²) in [7, 11) is 2.06. The maximum Gasteiger partial charge on any atom is 0.416 e. The van der Waals surface area contributed by atoms with Gasteiger partial charge in [0.15, 0.2) is 0 Å². The van der Waals surface area contributed by atoms with Crippen LogP contribution < -0.4 is 11.1 Å². The number of likely N-dealkylation sites (N-methyl/N-ethyl adjacent to an activating group) is 1. The number of halogens is 3. The Bertz CT molecular complexity index is 1220. The molecule has 0 aromatic heterocycles. The molecule has 2 amide bonds. The summed E-state index contributed by atoms with van der Waals surface area (Å²) in [5, 5.41) is 2.64. The van der Waals surface area contributed by atoms with E-state index in [0.717, 1.165) is 36.7 Å². The fraction of sp³-hybridized carbons (Fsp3) is 0.481. The van der Waals surface area contributed by atoms with Crippen LogP contribution >= 0.6 is 0 Å². The van der Waals surface area contributed by atoms with E-state index in [1.54, 1.807) is 12.1 Å². The smallest absolute Gasteiger partial charge is 0.369 e. The average molecular weight is 516 g/mol. The van der Waals surface area contributed by atoms with Crippen LogP contribution in [0.3, 0.4) is 0 Å². The zero-order valence-corrected chi connectivity index (χ0v) is 21.0. The molecule has 0 aliphatic carbocycles. The summed E-state index contributed by atoms with van der Waals surface area (Å²) in [5.41, 5.74) is 7.29. The molecule has 2 bridgehead atoms. The van der Waals surface area contributed by atoms with E-state index in [4.69, 9.17) is 5.73 Å². The average Bonchev–Trinajstić information content (AvgIpc) is 3.37. The van der Waals surface area contributed by atoms with Gasteiger partial charge >= 0.3 is 6.18 Å². The van der Waals surface area contributed by atoms with Crippen LogP contribution in [0.4, 0.5) is 18.9 Å². The molecule has 2 fully saturated rings. The van der Waals surface area contributed by atoms with E-state index in [0.29, 0.717) is 24.7 Å². The van der Waals surface area contributed by atoms with Crippen LogP contribution in [0.15, 0.2) is 36.4 Å². The molecule has 0 radical (unpaired) electrons. The summed E-state index contributed by atoms with van der Waals surface area (Å²) in [6.45, 7) is 5.21. The first-order chi connectivity index (χ1) is 17.5. The first kappa shape index (κ1) is 25.7. The standard InChI is InChI=1S/C27H32F3N5O2/c1-16-10-34(15-25(31)36)11-19-7-17(4-6-23(16)19)26(37)32-20-5-3-18(24(8-20)27(28,29)30)12-35-14-21-9-22(35)13-33(21)2/h3-8,16,21-22H,9-15H2,1-2H3,(H2,31,36)(H,32,37)/t16-,21+,22+/m0/s1. The molecule has 0 spiro atoms. The van der Waals surface area contributed by atoms with Gasteiger partial charge in [-0.05, 0) is 60.3 Å². The predicted octanol–water partition coefficient (Wildman–Crippen LogP) is 3.25. The molecule has 10 heteroatoms. The highest BCUT2D eigenvalue weighted by Crippen LogP contribution is 2.37. The van der Waals surface area contributed by atoms with Gasteiger partial charge in [-0.3, -0.25) is 19.4 Å². The lowest BCUT2D eigenvalue weighted by Gasteiger charge is -2.32. The highest BCUT2D eigenvalue weighted by Gasteiger charge is 2.42. The van der Waals surface area contributed by atoms with Gasteiger partial charge in [0.2, 0.25) is 5.91 Å². The number of piperazine rings is 1. The quantitative estimate of drug-likeness (QED) is 0.618. The minimum absolute atomic E-state index is 0.102. The Balaban J connectivity index is 1.32. The van der Waals surface area contributed by atoms with Crippen LogP contribution in [0.25, 0.3) is 0 Å². The van der Waals surface area contributed by atoms with Gasteiger partial charge in [-0.2, -0.15) is 13.2 Å². The first-order valence-electron chi connectivity index (χ1n) is 12.6. The number of hydrogen-bond donors (Lipinski definition) is 2. The predicted molar refractivity (Wildman–Crippen MR) is 134 cm³/mol. The molecule has 2 saturated heterocycles. The van der Waals surface area contributed by atoms with Crippen LogP contribution in [0.5, 0.6) is 0 Å². The van der Waals surface area contributed by atoms with Crippen molar-refractivity contribution in [2.45, 2.75) is 50.6 Å². The Morgan fingerprint density at radius 1 is 1.08 bits per heavy atom. The van der Waals surface area contributed by atoms with Crippen molar-refractivity contribution in [3.8, 4) is 0 Å². The van der Waals surface area contributed by atoms with Gasteiger partial charge in [-0.1, -0.05) is 19.1 Å². The third kappa shape index (κ3) is 5.37. The fourth-order valence-electron chi connectivity index (χ4n) is 6.12. The number of anilines is 1. The monoisotopic (exact) mass is 515 g/mol.